The Morgan fingerprint density at radius 2 is 1.56 bits per heavy atom. The van der Waals surface area contributed by atoms with Crippen LogP contribution in [0.2, 0.25) is 0 Å². The molecule has 0 aliphatic carbocycles. The number of nitrogens with zero attached hydrogens (tertiary/aromatic N) is 1. The Morgan fingerprint density at radius 3 is 2.00 bits per heavy atom. The molecule has 1 N–H and O–H groups in total. The van der Waals surface area contributed by atoms with Crippen molar-refractivity contribution in [2.45, 2.75) is 18.4 Å². The van der Waals surface area contributed by atoms with Gasteiger partial charge < -0.3 is 5.32 Å². The zero-order chi connectivity index (χ0) is 17.3. The summed E-state index contributed by atoms with van der Waals surface area (Å²) in [5, 5.41) is 3.05. The first kappa shape index (κ1) is 24.0. The number of nitrogens with one attached hydrogen (secondary N) is 1. The van der Waals surface area contributed by atoms with Crippen LogP contribution in [0, 0.1) is 0 Å². The molecular weight excluding hydrogens is 393 g/mol. The minimum Gasteiger partial charge on any atom is -0.314 e. The van der Waals surface area contributed by atoms with Crippen molar-refractivity contribution in [2.24, 2.45) is 0 Å². The summed E-state index contributed by atoms with van der Waals surface area (Å²) in [6.45, 7) is 5.51. The molecule has 10 heteroatoms. The SMILES string of the molecule is C=C[C@H](c1cc(C(F)(F)F)ccc1C(F)(F)F)N1CCNCC1.Cl.Cl. The first-order valence-electron chi connectivity index (χ1n) is 7.00. The fourth-order valence-corrected chi connectivity index (χ4v) is 2.67. The second-order valence-electron chi connectivity index (χ2n) is 5.26. The number of benzene rings is 1. The van der Waals surface area contributed by atoms with Crippen LogP contribution in [0.4, 0.5) is 26.3 Å². The van der Waals surface area contributed by atoms with Gasteiger partial charge in [-0.3, -0.25) is 4.90 Å². The summed E-state index contributed by atoms with van der Waals surface area (Å²) >= 11 is 0. The number of rotatable bonds is 3. The molecule has 0 bridgehead atoms. The lowest BCUT2D eigenvalue weighted by Crippen LogP contribution is -2.45. The highest BCUT2D eigenvalue weighted by Gasteiger charge is 2.39. The van der Waals surface area contributed by atoms with Gasteiger partial charge in [0.15, 0.2) is 0 Å². The molecule has 0 spiro atoms. The summed E-state index contributed by atoms with van der Waals surface area (Å²) in [6.07, 6.45) is -8.17. The molecule has 2 rings (SSSR count). The Morgan fingerprint density at radius 1 is 1.00 bits per heavy atom. The minimum atomic E-state index is -4.73. The van der Waals surface area contributed by atoms with Gasteiger partial charge in [0.25, 0.3) is 0 Å². The maximum absolute atomic E-state index is 13.2. The first-order chi connectivity index (χ1) is 10.6. The average molecular weight is 411 g/mol. The largest absolute Gasteiger partial charge is 0.416 e. The van der Waals surface area contributed by atoms with Crippen molar-refractivity contribution in [3.63, 3.8) is 0 Å². The zero-order valence-electron chi connectivity index (χ0n) is 13.0. The fourth-order valence-electron chi connectivity index (χ4n) is 2.67. The van der Waals surface area contributed by atoms with Gasteiger partial charge in [0, 0.05) is 26.2 Å². The van der Waals surface area contributed by atoms with Crippen LogP contribution < -0.4 is 5.32 Å². The molecule has 0 amide bonds. The van der Waals surface area contributed by atoms with Gasteiger partial charge in [0.05, 0.1) is 17.2 Å². The van der Waals surface area contributed by atoms with Gasteiger partial charge in [-0.2, -0.15) is 26.3 Å². The molecule has 1 aliphatic heterocycles. The van der Waals surface area contributed by atoms with E-state index in [1.165, 1.54) is 6.08 Å². The third-order valence-electron chi connectivity index (χ3n) is 3.77. The number of hydrogen-bond donors (Lipinski definition) is 1. The van der Waals surface area contributed by atoms with Crippen molar-refractivity contribution < 1.29 is 26.3 Å². The van der Waals surface area contributed by atoms with E-state index in [2.05, 4.69) is 11.9 Å². The molecular formula is C15H18Cl2F6N2. The number of alkyl halides is 6. The topological polar surface area (TPSA) is 15.3 Å². The summed E-state index contributed by atoms with van der Waals surface area (Å²) in [7, 11) is 0. The zero-order valence-corrected chi connectivity index (χ0v) is 14.6. The van der Waals surface area contributed by atoms with E-state index >= 15 is 0 Å². The van der Waals surface area contributed by atoms with Gasteiger partial charge in [0.1, 0.15) is 0 Å². The van der Waals surface area contributed by atoms with E-state index in [0.29, 0.717) is 44.4 Å². The van der Waals surface area contributed by atoms with E-state index in [1.54, 1.807) is 4.90 Å². The van der Waals surface area contributed by atoms with Crippen LogP contribution in [0.3, 0.4) is 0 Å². The number of hydrogen-bond acceptors (Lipinski definition) is 2. The molecule has 1 aromatic rings. The highest BCUT2D eigenvalue weighted by Crippen LogP contribution is 2.40. The molecule has 2 nitrogen and oxygen atoms in total. The van der Waals surface area contributed by atoms with Crippen molar-refractivity contribution in [3.8, 4) is 0 Å². The van der Waals surface area contributed by atoms with Crippen molar-refractivity contribution in [3.05, 3.63) is 47.5 Å². The standard InChI is InChI=1S/C15H16F6N2.2ClH/c1-2-13(23-7-5-22-6-8-23)11-9-10(14(16,17)18)3-4-12(11)15(19,20)21;;/h2-4,9,13,22H,1,5-8H2;2*1H/t13-;;/m1../s1. The van der Waals surface area contributed by atoms with Gasteiger partial charge in [-0.25, -0.2) is 0 Å². The molecule has 0 aromatic heterocycles. The molecule has 144 valence electrons. The van der Waals surface area contributed by atoms with Crippen molar-refractivity contribution >= 4 is 24.8 Å². The predicted octanol–water partition coefficient (Wildman–Crippen LogP) is 4.70. The summed E-state index contributed by atoms with van der Waals surface area (Å²) in [6, 6.07) is 0.620. The molecule has 0 saturated carbocycles. The predicted molar refractivity (Wildman–Crippen MR) is 88.3 cm³/mol. The van der Waals surface area contributed by atoms with E-state index in [9.17, 15) is 26.3 Å². The number of piperazine rings is 1. The Bertz CT molecular complexity index is 568. The second kappa shape index (κ2) is 9.12. The van der Waals surface area contributed by atoms with Gasteiger partial charge in [-0.05, 0) is 23.8 Å². The lowest BCUT2D eigenvalue weighted by Gasteiger charge is -2.34. The minimum absolute atomic E-state index is 0. The molecule has 1 heterocycles. The van der Waals surface area contributed by atoms with Crippen molar-refractivity contribution in [2.75, 3.05) is 26.2 Å². The molecule has 1 saturated heterocycles. The van der Waals surface area contributed by atoms with Crippen LogP contribution in [-0.4, -0.2) is 31.1 Å². The first-order valence-corrected chi connectivity index (χ1v) is 7.00. The van der Waals surface area contributed by atoms with E-state index in [4.69, 9.17) is 0 Å². The smallest absolute Gasteiger partial charge is 0.314 e. The van der Waals surface area contributed by atoms with Crippen molar-refractivity contribution in [1.82, 2.24) is 10.2 Å². The molecule has 1 fully saturated rings. The summed E-state index contributed by atoms with van der Waals surface area (Å²) < 4.78 is 78.2. The highest BCUT2D eigenvalue weighted by atomic mass is 35.5. The van der Waals surface area contributed by atoms with E-state index in [-0.39, 0.29) is 24.8 Å². The lowest BCUT2D eigenvalue weighted by molar-refractivity contribution is -0.142. The molecule has 0 radical (unpaired) electrons. The summed E-state index contributed by atoms with van der Waals surface area (Å²) in [5.41, 5.74) is -2.57. The quantitative estimate of drug-likeness (QED) is 0.573. The Kier molecular flexibility index (Phi) is 8.77. The second-order valence-corrected chi connectivity index (χ2v) is 5.26. The van der Waals surface area contributed by atoms with Gasteiger partial charge in [-0.15, -0.1) is 31.4 Å². The van der Waals surface area contributed by atoms with Crippen LogP contribution in [0.15, 0.2) is 30.9 Å². The molecule has 1 aliphatic rings. The summed E-state index contributed by atoms with van der Waals surface area (Å²) in [5.74, 6) is 0. The van der Waals surface area contributed by atoms with Crippen LogP contribution in [0.1, 0.15) is 22.7 Å². The normalized spacial score (nSPS) is 17.2. The van der Waals surface area contributed by atoms with Crippen LogP contribution >= 0.6 is 24.8 Å². The van der Waals surface area contributed by atoms with Crippen molar-refractivity contribution in [1.29, 1.82) is 0 Å². The molecule has 0 unspecified atom stereocenters. The third-order valence-corrected chi connectivity index (χ3v) is 3.77. The maximum atomic E-state index is 13.2. The van der Waals surface area contributed by atoms with E-state index in [0.717, 1.165) is 0 Å². The van der Waals surface area contributed by atoms with E-state index < -0.39 is 35.1 Å². The Labute approximate surface area is 154 Å². The average Bonchev–Trinajstić information content (AvgIpc) is 2.47. The number of halogens is 8. The fraction of sp³-hybridized carbons (Fsp3) is 0.467. The molecule has 25 heavy (non-hydrogen) atoms. The van der Waals surface area contributed by atoms with Crippen LogP contribution in [0.25, 0.3) is 0 Å². The third kappa shape index (κ3) is 5.77. The Hall–Kier alpha value is -0.960. The van der Waals surface area contributed by atoms with E-state index in [1.807, 2.05) is 0 Å². The van der Waals surface area contributed by atoms with Gasteiger partial charge >= 0.3 is 12.4 Å². The highest BCUT2D eigenvalue weighted by molar-refractivity contribution is 5.85. The molecule has 1 atom stereocenters. The monoisotopic (exact) mass is 410 g/mol. The summed E-state index contributed by atoms with van der Waals surface area (Å²) in [4.78, 5) is 1.69. The van der Waals surface area contributed by atoms with Crippen LogP contribution in [0.5, 0.6) is 0 Å². The molecule has 1 aromatic carbocycles. The van der Waals surface area contributed by atoms with Gasteiger partial charge in [-0.1, -0.05) is 6.08 Å². The Balaban J connectivity index is 0.00000288. The van der Waals surface area contributed by atoms with Gasteiger partial charge in [0.2, 0.25) is 0 Å². The van der Waals surface area contributed by atoms with Crippen LogP contribution in [-0.2, 0) is 12.4 Å². The maximum Gasteiger partial charge on any atom is 0.416 e. The lowest BCUT2D eigenvalue weighted by atomic mass is 9.95.